The van der Waals surface area contributed by atoms with Gasteiger partial charge >= 0.3 is 0 Å². The van der Waals surface area contributed by atoms with Gasteiger partial charge < -0.3 is 5.32 Å². The maximum absolute atomic E-state index is 3.43. The molecule has 1 heterocycles. The lowest BCUT2D eigenvalue weighted by molar-refractivity contribution is 0.109. The third-order valence-corrected chi connectivity index (χ3v) is 5.65. The molecule has 2 aromatic carbocycles. The first-order valence-electron chi connectivity index (χ1n) is 9.31. The third-order valence-electron chi connectivity index (χ3n) is 5.65. The highest BCUT2D eigenvalue weighted by Crippen LogP contribution is 2.26. The van der Waals surface area contributed by atoms with Crippen molar-refractivity contribution >= 4 is 10.8 Å². The minimum atomic E-state index is 0.802. The first-order chi connectivity index (χ1) is 11.4. The van der Waals surface area contributed by atoms with E-state index in [4.69, 9.17) is 0 Å². The second-order valence-corrected chi connectivity index (χ2v) is 7.43. The monoisotopic (exact) mass is 308 g/mol. The molecule has 0 amide bonds. The van der Waals surface area contributed by atoms with Crippen LogP contribution in [0.4, 0.5) is 0 Å². The van der Waals surface area contributed by atoms with E-state index in [1.807, 2.05) is 0 Å². The van der Waals surface area contributed by atoms with E-state index in [1.54, 1.807) is 0 Å². The van der Waals surface area contributed by atoms with Crippen LogP contribution in [0.3, 0.4) is 0 Å². The molecule has 23 heavy (non-hydrogen) atoms. The van der Waals surface area contributed by atoms with Gasteiger partial charge in [-0.25, -0.2) is 0 Å². The molecule has 2 fully saturated rings. The van der Waals surface area contributed by atoms with E-state index in [0.29, 0.717) is 0 Å². The Morgan fingerprint density at radius 3 is 2.43 bits per heavy atom. The summed E-state index contributed by atoms with van der Waals surface area (Å²) < 4.78 is 0. The van der Waals surface area contributed by atoms with Crippen molar-refractivity contribution in [3.8, 4) is 0 Å². The molecule has 0 bridgehead atoms. The molecule has 122 valence electrons. The average molecular weight is 308 g/mol. The topological polar surface area (TPSA) is 15.3 Å². The van der Waals surface area contributed by atoms with Crippen LogP contribution in [-0.2, 0) is 6.54 Å². The summed E-state index contributed by atoms with van der Waals surface area (Å²) in [7, 11) is 0. The zero-order valence-corrected chi connectivity index (χ0v) is 14.0. The molecular weight excluding hydrogens is 280 g/mol. The van der Waals surface area contributed by atoms with E-state index in [9.17, 15) is 0 Å². The molecule has 2 aliphatic rings. The Balaban J connectivity index is 1.52. The van der Waals surface area contributed by atoms with E-state index in [1.165, 1.54) is 68.1 Å². The van der Waals surface area contributed by atoms with Crippen LogP contribution >= 0.6 is 0 Å². The van der Waals surface area contributed by atoms with E-state index in [0.717, 1.165) is 18.5 Å². The quantitative estimate of drug-likeness (QED) is 0.891. The van der Waals surface area contributed by atoms with Gasteiger partial charge in [0.2, 0.25) is 0 Å². The van der Waals surface area contributed by atoms with E-state index < -0.39 is 0 Å². The van der Waals surface area contributed by atoms with Crippen molar-refractivity contribution < 1.29 is 0 Å². The smallest absolute Gasteiger partial charge is 0.0237 e. The van der Waals surface area contributed by atoms with Gasteiger partial charge in [-0.15, -0.1) is 0 Å². The maximum Gasteiger partial charge on any atom is 0.0237 e. The fraction of sp³-hybridized carbons (Fsp3) is 0.524. The molecule has 0 radical (unpaired) electrons. The van der Waals surface area contributed by atoms with Gasteiger partial charge in [0, 0.05) is 32.2 Å². The van der Waals surface area contributed by atoms with Gasteiger partial charge in [0.25, 0.3) is 0 Å². The maximum atomic E-state index is 3.43. The lowest BCUT2D eigenvalue weighted by Crippen LogP contribution is -2.50. The van der Waals surface area contributed by atoms with Gasteiger partial charge in [-0.3, -0.25) is 4.90 Å². The van der Waals surface area contributed by atoms with Gasteiger partial charge in [-0.2, -0.15) is 0 Å². The number of hydrogen-bond acceptors (Lipinski definition) is 2. The summed E-state index contributed by atoms with van der Waals surface area (Å²) in [6.45, 7) is 4.80. The number of rotatable bonds is 5. The van der Waals surface area contributed by atoms with Crippen LogP contribution in [0.25, 0.3) is 10.8 Å². The van der Waals surface area contributed by atoms with Gasteiger partial charge in [-0.05, 0) is 41.2 Å². The highest BCUT2D eigenvalue weighted by molar-refractivity contribution is 5.82. The van der Waals surface area contributed by atoms with Crippen LogP contribution in [0.15, 0.2) is 42.5 Å². The molecule has 1 aliphatic heterocycles. The molecule has 0 unspecified atom stereocenters. The summed E-state index contributed by atoms with van der Waals surface area (Å²) in [5.74, 6) is 0.859. The lowest BCUT2D eigenvalue weighted by atomic mass is 9.92. The Morgan fingerprint density at radius 1 is 0.913 bits per heavy atom. The second-order valence-electron chi connectivity index (χ2n) is 7.43. The van der Waals surface area contributed by atoms with Gasteiger partial charge in [0.1, 0.15) is 0 Å². The molecule has 4 rings (SSSR count). The van der Waals surface area contributed by atoms with E-state index >= 15 is 0 Å². The molecule has 1 saturated carbocycles. The second kappa shape index (κ2) is 7.02. The van der Waals surface area contributed by atoms with Gasteiger partial charge in [-0.1, -0.05) is 55.7 Å². The average Bonchev–Trinajstić information content (AvgIpc) is 2.57. The predicted molar refractivity (Wildman–Crippen MR) is 97.6 cm³/mol. The molecule has 0 atom stereocenters. The van der Waals surface area contributed by atoms with Crippen molar-refractivity contribution in [2.75, 3.05) is 19.6 Å². The van der Waals surface area contributed by atoms with Crippen molar-refractivity contribution in [1.82, 2.24) is 10.2 Å². The van der Waals surface area contributed by atoms with Crippen molar-refractivity contribution in [1.29, 1.82) is 0 Å². The number of hydrogen-bond donors (Lipinski definition) is 1. The largest absolute Gasteiger partial charge is 0.316 e. The highest BCUT2D eigenvalue weighted by atomic mass is 15.2. The summed E-state index contributed by atoms with van der Waals surface area (Å²) in [5.41, 5.74) is 1.47. The Kier molecular flexibility index (Phi) is 4.63. The van der Waals surface area contributed by atoms with Crippen LogP contribution in [0.5, 0.6) is 0 Å². The molecule has 0 aromatic heterocycles. The van der Waals surface area contributed by atoms with Crippen LogP contribution in [0, 0.1) is 5.92 Å². The van der Waals surface area contributed by atoms with Crippen LogP contribution in [0.2, 0.25) is 0 Å². The lowest BCUT2D eigenvalue weighted by Gasteiger charge is -2.39. The SMILES string of the molecule is c1ccc2cc(CN(CC3CNC3)C3CCCCC3)ccc2c1. The summed E-state index contributed by atoms with van der Waals surface area (Å²) >= 11 is 0. The fourth-order valence-electron chi connectivity index (χ4n) is 4.17. The van der Waals surface area contributed by atoms with Crippen LogP contribution in [-0.4, -0.2) is 30.6 Å². The summed E-state index contributed by atoms with van der Waals surface area (Å²) in [4.78, 5) is 2.79. The number of nitrogens with zero attached hydrogens (tertiary/aromatic N) is 1. The predicted octanol–water partition coefficient (Wildman–Crippen LogP) is 4.19. The molecular formula is C21H28N2. The number of nitrogens with one attached hydrogen (secondary N) is 1. The third kappa shape index (κ3) is 3.59. The first kappa shape index (κ1) is 15.2. The molecule has 0 spiro atoms. The zero-order chi connectivity index (χ0) is 15.5. The summed E-state index contributed by atoms with van der Waals surface area (Å²) in [6, 6.07) is 16.5. The summed E-state index contributed by atoms with van der Waals surface area (Å²) in [6.07, 6.45) is 7.07. The normalized spacial score (nSPS) is 20.0. The van der Waals surface area contributed by atoms with E-state index in [2.05, 4.69) is 52.7 Å². The van der Waals surface area contributed by atoms with Crippen LogP contribution in [0.1, 0.15) is 37.7 Å². The molecule has 2 heteroatoms. The minimum Gasteiger partial charge on any atom is -0.316 e. The fourth-order valence-corrected chi connectivity index (χ4v) is 4.17. The Bertz CT molecular complexity index is 641. The number of benzene rings is 2. The zero-order valence-electron chi connectivity index (χ0n) is 14.0. The molecule has 1 N–H and O–H groups in total. The molecule has 1 saturated heterocycles. The van der Waals surface area contributed by atoms with Crippen molar-refractivity contribution in [3.63, 3.8) is 0 Å². The Morgan fingerprint density at radius 2 is 1.70 bits per heavy atom. The van der Waals surface area contributed by atoms with Crippen molar-refractivity contribution in [2.24, 2.45) is 5.92 Å². The van der Waals surface area contributed by atoms with Gasteiger partial charge in [0.15, 0.2) is 0 Å². The molecule has 2 nitrogen and oxygen atoms in total. The number of fused-ring (bicyclic) bond motifs is 1. The summed E-state index contributed by atoms with van der Waals surface area (Å²) in [5, 5.41) is 6.16. The molecule has 1 aliphatic carbocycles. The van der Waals surface area contributed by atoms with Crippen LogP contribution < -0.4 is 5.32 Å². The van der Waals surface area contributed by atoms with Crippen molar-refractivity contribution in [2.45, 2.75) is 44.7 Å². The first-order valence-corrected chi connectivity index (χ1v) is 9.31. The highest BCUT2D eigenvalue weighted by Gasteiger charge is 2.26. The molecule has 2 aromatic rings. The standard InChI is InChI=1S/C21H28N2/c1-2-8-21(9-3-1)23(16-18-13-22-14-18)15-17-10-11-19-6-4-5-7-20(19)12-17/h4-7,10-12,18,21-22H,1-3,8-9,13-16H2. The Labute approximate surface area is 139 Å². The van der Waals surface area contributed by atoms with Gasteiger partial charge in [0.05, 0.1) is 0 Å². The van der Waals surface area contributed by atoms with Crippen molar-refractivity contribution in [3.05, 3.63) is 48.0 Å². The minimum absolute atomic E-state index is 0.802. The Hall–Kier alpha value is -1.38. The van der Waals surface area contributed by atoms with E-state index in [-0.39, 0.29) is 0 Å².